The largest absolute Gasteiger partial charge is 0.481 e. The number of carboxylic acids is 1. The zero-order chi connectivity index (χ0) is 19.9. The van der Waals surface area contributed by atoms with E-state index in [1.54, 1.807) is 0 Å². The van der Waals surface area contributed by atoms with E-state index in [4.69, 9.17) is 5.11 Å². The van der Waals surface area contributed by atoms with Crippen LogP contribution in [0.15, 0.2) is 30.3 Å². The molecule has 1 aliphatic rings. The maximum atomic E-state index is 12.9. The number of carbonyl (C=O) groups excluding carboxylic acids is 2. The maximum absolute atomic E-state index is 12.9. The molecule has 1 heterocycles. The summed E-state index contributed by atoms with van der Waals surface area (Å²) in [6, 6.07) is 9.69. The molecule has 1 aromatic heterocycles. The first-order chi connectivity index (χ1) is 13.5. The van der Waals surface area contributed by atoms with Crippen LogP contribution < -0.4 is 10.6 Å². The minimum atomic E-state index is -0.916. The van der Waals surface area contributed by atoms with Crippen LogP contribution in [0.4, 0.5) is 5.00 Å². The smallest absolute Gasteiger partial charge is 0.303 e. The van der Waals surface area contributed by atoms with Gasteiger partial charge in [-0.3, -0.25) is 14.4 Å². The predicted octanol–water partition coefficient (Wildman–Crippen LogP) is 3.75. The number of carbonyl (C=O) groups is 3. The summed E-state index contributed by atoms with van der Waals surface area (Å²) in [5, 5.41) is 15.1. The van der Waals surface area contributed by atoms with E-state index < -0.39 is 5.97 Å². The van der Waals surface area contributed by atoms with Crippen molar-refractivity contribution in [1.82, 2.24) is 5.32 Å². The number of anilines is 1. The summed E-state index contributed by atoms with van der Waals surface area (Å²) in [4.78, 5) is 36.9. The number of nitrogens with one attached hydrogen (secondary N) is 2. The van der Waals surface area contributed by atoms with Crippen LogP contribution in [0.5, 0.6) is 0 Å². The van der Waals surface area contributed by atoms with Crippen LogP contribution in [0.1, 0.15) is 58.5 Å². The number of aryl methyl sites for hydroxylation is 1. The van der Waals surface area contributed by atoms with Crippen LogP contribution >= 0.6 is 11.3 Å². The Hall–Kier alpha value is -2.67. The molecule has 0 saturated heterocycles. The van der Waals surface area contributed by atoms with Crippen LogP contribution in [-0.4, -0.2) is 22.9 Å². The molecule has 0 fully saturated rings. The summed E-state index contributed by atoms with van der Waals surface area (Å²) >= 11 is 1.47. The molecule has 0 bridgehead atoms. The van der Waals surface area contributed by atoms with Crippen molar-refractivity contribution in [2.24, 2.45) is 0 Å². The van der Waals surface area contributed by atoms with Gasteiger partial charge >= 0.3 is 5.97 Å². The molecule has 2 aromatic rings. The molecule has 0 aliphatic heterocycles. The summed E-state index contributed by atoms with van der Waals surface area (Å²) in [6.45, 7) is 0.427. The van der Waals surface area contributed by atoms with Gasteiger partial charge in [0, 0.05) is 24.3 Å². The van der Waals surface area contributed by atoms with E-state index in [0.29, 0.717) is 17.1 Å². The zero-order valence-corrected chi connectivity index (χ0v) is 16.4. The summed E-state index contributed by atoms with van der Waals surface area (Å²) in [5.41, 5.74) is 2.63. The predicted molar refractivity (Wildman–Crippen MR) is 109 cm³/mol. The minimum Gasteiger partial charge on any atom is -0.481 e. The monoisotopic (exact) mass is 400 g/mol. The topological polar surface area (TPSA) is 95.5 Å². The third-order valence-corrected chi connectivity index (χ3v) is 5.95. The van der Waals surface area contributed by atoms with E-state index in [1.165, 1.54) is 11.3 Å². The summed E-state index contributed by atoms with van der Waals surface area (Å²) in [6.07, 6.45) is 4.25. The molecule has 1 aliphatic carbocycles. The Morgan fingerprint density at radius 1 is 1.04 bits per heavy atom. The van der Waals surface area contributed by atoms with Crippen LogP contribution in [-0.2, 0) is 29.0 Å². The molecule has 7 heteroatoms. The molecule has 0 atom stereocenters. The van der Waals surface area contributed by atoms with Crippen molar-refractivity contribution < 1.29 is 19.5 Å². The van der Waals surface area contributed by atoms with Crippen molar-refractivity contribution in [2.45, 2.75) is 51.5 Å². The van der Waals surface area contributed by atoms with Crippen molar-refractivity contribution in [2.75, 3.05) is 5.32 Å². The van der Waals surface area contributed by atoms with E-state index in [9.17, 15) is 14.4 Å². The van der Waals surface area contributed by atoms with Gasteiger partial charge in [-0.1, -0.05) is 30.3 Å². The van der Waals surface area contributed by atoms with Gasteiger partial charge < -0.3 is 15.7 Å². The molecule has 0 saturated carbocycles. The van der Waals surface area contributed by atoms with Crippen LogP contribution in [0, 0.1) is 0 Å². The van der Waals surface area contributed by atoms with E-state index >= 15 is 0 Å². The number of hydrogen-bond donors (Lipinski definition) is 3. The lowest BCUT2D eigenvalue weighted by molar-refractivity contribution is -0.137. The molecule has 3 rings (SSSR count). The molecule has 0 unspecified atom stereocenters. The number of aliphatic carboxylic acids is 1. The third-order valence-electron chi connectivity index (χ3n) is 4.74. The van der Waals surface area contributed by atoms with Gasteiger partial charge in [0.05, 0.1) is 5.56 Å². The van der Waals surface area contributed by atoms with E-state index in [0.717, 1.165) is 41.7 Å². The Bertz CT molecular complexity index is 861. The standard InChI is InChI=1S/C21H24N2O4S/c24-17(11-6-12-18(25)26)23-21-19(15-9-4-5-10-16(15)28-21)20(27)22-13-14-7-2-1-3-8-14/h1-3,7-8H,4-6,9-13H2,(H,22,27)(H,23,24)(H,25,26). The highest BCUT2D eigenvalue weighted by atomic mass is 32.1. The number of rotatable bonds is 8. The molecule has 1 aromatic carbocycles. The Morgan fingerprint density at radius 3 is 2.54 bits per heavy atom. The van der Waals surface area contributed by atoms with Crippen molar-refractivity contribution in [3.8, 4) is 0 Å². The molecular weight excluding hydrogens is 376 g/mol. The highest BCUT2D eigenvalue weighted by molar-refractivity contribution is 7.17. The Morgan fingerprint density at radius 2 is 1.79 bits per heavy atom. The highest BCUT2D eigenvalue weighted by Crippen LogP contribution is 2.38. The Balaban J connectivity index is 1.72. The van der Waals surface area contributed by atoms with E-state index in [1.807, 2.05) is 30.3 Å². The summed E-state index contributed by atoms with van der Waals surface area (Å²) in [7, 11) is 0. The van der Waals surface area contributed by atoms with Gasteiger partial charge in [0.2, 0.25) is 5.91 Å². The lowest BCUT2D eigenvalue weighted by atomic mass is 9.95. The second kappa shape index (κ2) is 9.50. The first-order valence-corrected chi connectivity index (χ1v) is 10.3. The third kappa shape index (κ3) is 5.19. The molecule has 6 nitrogen and oxygen atoms in total. The van der Waals surface area contributed by atoms with Crippen LogP contribution in [0.2, 0.25) is 0 Å². The molecule has 0 spiro atoms. The fraction of sp³-hybridized carbons (Fsp3) is 0.381. The van der Waals surface area contributed by atoms with Gasteiger partial charge in [-0.2, -0.15) is 0 Å². The highest BCUT2D eigenvalue weighted by Gasteiger charge is 2.26. The lowest BCUT2D eigenvalue weighted by Crippen LogP contribution is -2.25. The number of benzene rings is 1. The van der Waals surface area contributed by atoms with E-state index in [-0.39, 0.29) is 31.1 Å². The molecule has 3 N–H and O–H groups in total. The number of carboxylic acid groups (broad SMARTS) is 1. The molecular formula is C21H24N2O4S. The second-order valence-corrected chi connectivity index (χ2v) is 7.98. The van der Waals surface area contributed by atoms with Gasteiger partial charge in [-0.15, -0.1) is 11.3 Å². The number of fused-ring (bicyclic) bond motifs is 1. The molecule has 148 valence electrons. The average molecular weight is 401 g/mol. The fourth-order valence-corrected chi connectivity index (χ4v) is 4.65. The van der Waals surface area contributed by atoms with Crippen molar-refractivity contribution in [1.29, 1.82) is 0 Å². The molecule has 2 amide bonds. The van der Waals surface area contributed by atoms with Gasteiger partial charge in [0.25, 0.3) is 5.91 Å². The van der Waals surface area contributed by atoms with Gasteiger partial charge in [0.15, 0.2) is 0 Å². The van der Waals surface area contributed by atoms with Gasteiger partial charge in [-0.25, -0.2) is 0 Å². The zero-order valence-electron chi connectivity index (χ0n) is 15.6. The van der Waals surface area contributed by atoms with Crippen molar-refractivity contribution in [3.05, 3.63) is 51.9 Å². The molecule has 28 heavy (non-hydrogen) atoms. The Kier molecular flexibility index (Phi) is 6.81. The van der Waals surface area contributed by atoms with Crippen LogP contribution in [0.3, 0.4) is 0 Å². The minimum absolute atomic E-state index is 0.0429. The van der Waals surface area contributed by atoms with Gasteiger partial charge in [-0.05, 0) is 43.2 Å². The maximum Gasteiger partial charge on any atom is 0.303 e. The second-order valence-electron chi connectivity index (χ2n) is 6.88. The fourth-order valence-electron chi connectivity index (χ4n) is 3.35. The Labute approximate surface area is 168 Å². The summed E-state index contributed by atoms with van der Waals surface area (Å²) in [5.74, 6) is -1.35. The summed E-state index contributed by atoms with van der Waals surface area (Å²) < 4.78 is 0. The SMILES string of the molecule is O=C(O)CCCC(=O)Nc1sc2c(c1C(=O)NCc1ccccc1)CCCC2. The van der Waals surface area contributed by atoms with Crippen molar-refractivity contribution in [3.63, 3.8) is 0 Å². The first-order valence-electron chi connectivity index (χ1n) is 9.53. The van der Waals surface area contributed by atoms with Gasteiger partial charge in [0.1, 0.15) is 5.00 Å². The molecule has 0 radical (unpaired) electrons. The number of amides is 2. The quantitative estimate of drug-likeness (QED) is 0.629. The normalized spacial score (nSPS) is 12.9. The lowest BCUT2D eigenvalue weighted by Gasteiger charge is -2.13. The van der Waals surface area contributed by atoms with Crippen LogP contribution in [0.25, 0.3) is 0 Å². The van der Waals surface area contributed by atoms with Crippen molar-refractivity contribution >= 4 is 34.1 Å². The average Bonchev–Trinajstić information content (AvgIpc) is 3.04. The number of thiophene rings is 1. The van der Waals surface area contributed by atoms with E-state index in [2.05, 4.69) is 10.6 Å². The first kappa shape index (κ1) is 20.1. The number of hydrogen-bond acceptors (Lipinski definition) is 4.